The highest BCUT2D eigenvalue weighted by atomic mass is 16.4. The van der Waals surface area contributed by atoms with Gasteiger partial charge in [0.25, 0.3) is 0 Å². The molecular weight excluding hydrogens is 142 g/mol. The highest BCUT2D eigenvalue weighted by Crippen LogP contribution is 1.94. The lowest BCUT2D eigenvalue weighted by Crippen LogP contribution is -2.19. The molecule has 0 aliphatic heterocycles. The lowest BCUT2D eigenvalue weighted by molar-refractivity contribution is -0.131. The normalized spacial score (nSPS) is 12.2. The van der Waals surface area contributed by atoms with Crippen molar-refractivity contribution in [1.29, 1.82) is 0 Å². The quantitative estimate of drug-likeness (QED) is 0.618. The topological polar surface area (TPSA) is 40.5 Å². The Morgan fingerprint density at radius 1 is 1.64 bits per heavy atom. The predicted molar refractivity (Wildman–Crippen MR) is 44.6 cm³/mol. The van der Waals surface area contributed by atoms with Gasteiger partial charge in [0.2, 0.25) is 0 Å². The Balaban J connectivity index is 3.85. The van der Waals surface area contributed by atoms with Crippen LogP contribution in [0.5, 0.6) is 0 Å². The fraction of sp³-hybridized carbons (Fsp3) is 0.625. The maximum absolute atomic E-state index is 10.2. The highest BCUT2D eigenvalue weighted by Gasteiger charge is 1.97. The van der Waals surface area contributed by atoms with E-state index in [2.05, 4.69) is 4.90 Å². The minimum atomic E-state index is -0.869. The van der Waals surface area contributed by atoms with Gasteiger partial charge < -0.3 is 10.0 Å². The molecule has 11 heavy (non-hydrogen) atoms. The third-order valence-electron chi connectivity index (χ3n) is 1.43. The molecule has 0 saturated carbocycles. The van der Waals surface area contributed by atoms with Gasteiger partial charge in [-0.25, -0.2) is 4.79 Å². The first-order valence-corrected chi connectivity index (χ1v) is 3.65. The van der Waals surface area contributed by atoms with E-state index in [0.29, 0.717) is 0 Å². The van der Waals surface area contributed by atoms with Crippen molar-refractivity contribution in [2.24, 2.45) is 0 Å². The zero-order chi connectivity index (χ0) is 8.85. The lowest BCUT2D eigenvalue weighted by atomic mass is 10.2. The van der Waals surface area contributed by atoms with E-state index in [4.69, 9.17) is 5.11 Å². The van der Waals surface area contributed by atoms with Crippen molar-refractivity contribution in [2.75, 3.05) is 20.1 Å². The molecule has 0 fully saturated rings. The molecule has 0 aromatic heterocycles. The largest absolute Gasteiger partial charge is 0.478 e. The molecule has 0 aliphatic rings. The molecule has 0 unspecified atom stereocenters. The van der Waals surface area contributed by atoms with Crippen molar-refractivity contribution in [1.82, 2.24) is 4.90 Å². The van der Waals surface area contributed by atoms with Crippen molar-refractivity contribution in [3.63, 3.8) is 0 Å². The molecule has 3 heteroatoms. The second kappa shape index (κ2) is 4.91. The first-order chi connectivity index (χ1) is 5.06. The predicted octanol–water partition coefficient (Wildman–Crippen LogP) is 0.969. The van der Waals surface area contributed by atoms with Crippen LogP contribution in [0, 0.1) is 0 Å². The molecule has 0 amide bonds. The summed E-state index contributed by atoms with van der Waals surface area (Å²) in [5.74, 6) is -0.869. The van der Waals surface area contributed by atoms with Crippen molar-refractivity contribution < 1.29 is 9.90 Å². The Labute approximate surface area is 67.3 Å². The molecule has 0 rings (SSSR count). The van der Waals surface area contributed by atoms with Gasteiger partial charge in [0.15, 0.2) is 0 Å². The Kier molecular flexibility index (Phi) is 4.54. The zero-order valence-electron chi connectivity index (χ0n) is 7.29. The Bertz CT molecular complexity index is 163. The van der Waals surface area contributed by atoms with Crippen LogP contribution in [-0.2, 0) is 4.79 Å². The molecule has 0 atom stereocenters. The van der Waals surface area contributed by atoms with E-state index >= 15 is 0 Å². The third-order valence-corrected chi connectivity index (χ3v) is 1.43. The van der Waals surface area contributed by atoms with Gasteiger partial charge in [0.05, 0.1) is 0 Å². The number of carboxylic acid groups (broad SMARTS) is 1. The number of likely N-dealkylation sites (N-methyl/N-ethyl adjacent to an activating group) is 1. The Hall–Kier alpha value is -0.830. The number of hydrogen-bond donors (Lipinski definition) is 1. The van der Waals surface area contributed by atoms with Crippen LogP contribution in [0.1, 0.15) is 13.8 Å². The number of carbonyl (C=O) groups is 1. The van der Waals surface area contributed by atoms with E-state index in [-0.39, 0.29) is 0 Å². The van der Waals surface area contributed by atoms with Gasteiger partial charge >= 0.3 is 5.97 Å². The fourth-order valence-corrected chi connectivity index (χ4v) is 0.794. The molecule has 0 aromatic carbocycles. The van der Waals surface area contributed by atoms with Crippen LogP contribution in [0.15, 0.2) is 11.6 Å². The average Bonchev–Trinajstić information content (AvgIpc) is 1.85. The number of rotatable bonds is 4. The fourth-order valence-electron chi connectivity index (χ4n) is 0.794. The molecule has 0 saturated heterocycles. The molecule has 0 heterocycles. The maximum Gasteiger partial charge on any atom is 0.328 e. The van der Waals surface area contributed by atoms with Gasteiger partial charge in [-0.1, -0.05) is 12.5 Å². The summed E-state index contributed by atoms with van der Waals surface area (Å²) in [4.78, 5) is 12.2. The minimum absolute atomic E-state index is 0.725. The molecule has 0 bridgehead atoms. The zero-order valence-corrected chi connectivity index (χ0v) is 7.29. The second-order valence-electron chi connectivity index (χ2n) is 2.66. The average molecular weight is 157 g/mol. The number of aliphatic carboxylic acids is 1. The van der Waals surface area contributed by atoms with Crippen molar-refractivity contribution in [3.05, 3.63) is 11.6 Å². The number of carboxylic acids is 1. The lowest BCUT2D eigenvalue weighted by Gasteiger charge is -2.12. The van der Waals surface area contributed by atoms with Crippen LogP contribution in [0.25, 0.3) is 0 Å². The summed E-state index contributed by atoms with van der Waals surface area (Å²) in [6, 6.07) is 0. The first-order valence-electron chi connectivity index (χ1n) is 3.65. The van der Waals surface area contributed by atoms with Gasteiger partial charge in [-0.05, 0) is 20.5 Å². The standard InChI is InChI=1S/C8H15NO2/c1-4-9(3)6-7(2)5-8(10)11/h5H,4,6H2,1-3H3,(H,10,11). The van der Waals surface area contributed by atoms with E-state index < -0.39 is 5.97 Å². The summed E-state index contributed by atoms with van der Waals surface area (Å²) in [6.45, 7) is 5.52. The van der Waals surface area contributed by atoms with Crippen molar-refractivity contribution >= 4 is 5.97 Å². The molecular formula is C8H15NO2. The molecule has 0 aliphatic carbocycles. The SMILES string of the molecule is CCN(C)CC(C)=CC(=O)O. The minimum Gasteiger partial charge on any atom is -0.478 e. The molecule has 1 N–H and O–H groups in total. The van der Waals surface area contributed by atoms with E-state index in [1.54, 1.807) is 0 Å². The molecule has 0 aromatic rings. The van der Waals surface area contributed by atoms with Gasteiger partial charge in [-0.3, -0.25) is 0 Å². The van der Waals surface area contributed by atoms with Crippen molar-refractivity contribution in [3.8, 4) is 0 Å². The van der Waals surface area contributed by atoms with Crippen LogP contribution in [0.2, 0.25) is 0 Å². The summed E-state index contributed by atoms with van der Waals surface area (Å²) < 4.78 is 0. The van der Waals surface area contributed by atoms with E-state index in [9.17, 15) is 4.79 Å². The van der Waals surface area contributed by atoms with E-state index in [1.165, 1.54) is 6.08 Å². The highest BCUT2D eigenvalue weighted by molar-refractivity contribution is 5.80. The summed E-state index contributed by atoms with van der Waals surface area (Å²) in [5.41, 5.74) is 0.877. The van der Waals surface area contributed by atoms with Crippen LogP contribution in [-0.4, -0.2) is 36.1 Å². The van der Waals surface area contributed by atoms with Crippen LogP contribution >= 0.6 is 0 Å². The van der Waals surface area contributed by atoms with Crippen LogP contribution in [0.4, 0.5) is 0 Å². The van der Waals surface area contributed by atoms with Gasteiger partial charge in [0.1, 0.15) is 0 Å². The smallest absolute Gasteiger partial charge is 0.328 e. The summed E-state index contributed by atoms with van der Waals surface area (Å²) in [6.07, 6.45) is 1.24. The number of hydrogen-bond acceptors (Lipinski definition) is 2. The first kappa shape index (κ1) is 10.2. The van der Waals surface area contributed by atoms with Crippen molar-refractivity contribution in [2.45, 2.75) is 13.8 Å². The van der Waals surface area contributed by atoms with Gasteiger partial charge in [0, 0.05) is 12.6 Å². The van der Waals surface area contributed by atoms with E-state index in [1.807, 2.05) is 20.9 Å². The summed E-state index contributed by atoms with van der Waals surface area (Å²) >= 11 is 0. The Morgan fingerprint density at radius 3 is 2.55 bits per heavy atom. The molecule has 0 radical (unpaired) electrons. The second-order valence-corrected chi connectivity index (χ2v) is 2.66. The molecule has 3 nitrogen and oxygen atoms in total. The Morgan fingerprint density at radius 2 is 2.18 bits per heavy atom. The van der Waals surface area contributed by atoms with Crippen LogP contribution < -0.4 is 0 Å². The van der Waals surface area contributed by atoms with E-state index in [0.717, 1.165) is 18.7 Å². The summed E-state index contributed by atoms with van der Waals surface area (Å²) in [5, 5.41) is 8.37. The maximum atomic E-state index is 10.2. The third kappa shape index (κ3) is 5.61. The van der Waals surface area contributed by atoms with Crippen LogP contribution in [0.3, 0.4) is 0 Å². The monoisotopic (exact) mass is 157 g/mol. The van der Waals surface area contributed by atoms with Gasteiger partial charge in [-0.15, -0.1) is 0 Å². The number of nitrogens with zero attached hydrogens (tertiary/aromatic N) is 1. The molecule has 64 valence electrons. The molecule has 0 spiro atoms. The van der Waals surface area contributed by atoms with Gasteiger partial charge in [-0.2, -0.15) is 0 Å². The summed E-state index contributed by atoms with van der Waals surface area (Å²) in [7, 11) is 1.96.